The maximum Gasteiger partial charge on any atom is 0.171 e. The van der Waals surface area contributed by atoms with Gasteiger partial charge in [-0.1, -0.05) is 23.2 Å². The third kappa shape index (κ3) is 2.86. The molecule has 0 saturated carbocycles. The van der Waals surface area contributed by atoms with Crippen LogP contribution in [0, 0.1) is 0 Å². The first-order valence-electron chi connectivity index (χ1n) is 6.32. The largest absolute Gasteiger partial charge is 0.378 e. The smallest absolute Gasteiger partial charge is 0.171 e. The van der Waals surface area contributed by atoms with E-state index in [4.69, 9.17) is 27.9 Å². The van der Waals surface area contributed by atoms with Crippen molar-refractivity contribution in [2.24, 2.45) is 0 Å². The van der Waals surface area contributed by atoms with Gasteiger partial charge in [-0.15, -0.1) is 0 Å². The van der Waals surface area contributed by atoms with Crippen LogP contribution in [0.15, 0.2) is 23.1 Å². The number of aromatic nitrogens is 1. The second-order valence-corrected chi connectivity index (χ2v) is 6.44. The number of nitrogens with zero attached hydrogens (tertiary/aromatic N) is 1. The van der Waals surface area contributed by atoms with Gasteiger partial charge in [-0.3, -0.25) is 0 Å². The van der Waals surface area contributed by atoms with E-state index in [0.717, 1.165) is 0 Å². The van der Waals surface area contributed by atoms with Crippen molar-refractivity contribution in [3.05, 3.63) is 33.9 Å². The van der Waals surface area contributed by atoms with Crippen molar-refractivity contribution in [2.75, 3.05) is 19.8 Å². The molecule has 1 aromatic heterocycles. The summed E-state index contributed by atoms with van der Waals surface area (Å²) in [7, 11) is -2.88. The van der Waals surface area contributed by atoms with Crippen LogP contribution in [0.4, 0.5) is 0 Å². The highest BCUT2D eigenvalue weighted by Gasteiger charge is 2.25. The number of pyridine rings is 1. The molecule has 5 nitrogen and oxygen atoms in total. The van der Waals surface area contributed by atoms with Gasteiger partial charge in [-0.2, -0.15) is 0 Å². The second-order valence-electron chi connectivity index (χ2n) is 4.66. The Morgan fingerprint density at radius 2 is 2.14 bits per heavy atom. The summed E-state index contributed by atoms with van der Waals surface area (Å²) < 4.78 is 28.6. The normalized spacial score (nSPS) is 19.3. The minimum absolute atomic E-state index is 0.0319. The lowest BCUT2D eigenvalue weighted by atomic mass is 10.1. The molecule has 3 rings (SSSR count). The van der Waals surface area contributed by atoms with Gasteiger partial charge in [0.15, 0.2) is 10.7 Å². The average Bonchev–Trinajstić information content (AvgIpc) is 2.48. The third-order valence-corrected chi connectivity index (χ3v) is 4.90. The fraction of sp³-hybridized carbons (Fsp3) is 0.308. The van der Waals surface area contributed by atoms with Gasteiger partial charge in [-0.25, -0.2) is 13.4 Å². The number of halogens is 2. The number of hydrogen-bond acceptors (Lipinski definition) is 5. The Balaban J connectivity index is 2.27. The van der Waals surface area contributed by atoms with Gasteiger partial charge >= 0.3 is 0 Å². The molecule has 1 fully saturated rings. The molecule has 0 amide bonds. The molecule has 112 valence electrons. The van der Waals surface area contributed by atoms with Crippen LogP contribution < -0.4 is 5.32 Å². The van der Waals surface area contributed by atoms with Crippen LogP contribution in [0.2, 0.25) is 10.0 Å². The number of nitrogens with one attached hydrogen (secondary N) is 1. The molecule has 0 spiro atoms. The first-order chi connectivity index (χ1) is 10.1. The van der Waals surface area contributed by atoms with Crippen molar-refractivity contribution in [1.82, 2.24) is 10.3 Å². The Labute approximate surface area is 133 Å². The van der Waals surface area contributed by atoms with Gasteiger partial charge < -0.3 is 10.1 Å². The predicted octanol–water partition coefficient (Wildman–Crippen LogP) is 2.17. The summed E-state index contributed by atoms with van der Waals surface area (Å²) in [6.45, 7) is 1.59. The molecule has 1 aliphatic heterocycles. The Hall–Kier alpha value is -0.920. The zero-order valence-corrected chi connectivity index (χ0v) is 13.2. The molecule has 2 heterocycles. The van der Waals surface area contributed by atoms with E-state index in [9.17, 15) is 8.42 Å². The predicted molar refractivity (Wildman–Crippen MR) is 81.9 cm³/mol. The Bertz CT molecular complexity index is 766. The number of benzene rings is 1. The zero-order chi connectivity index (χ0) is 15.0. The molecule has 1 unspecified atom stereocenters. The van der Waals surface area contributed by atoms with Crippen molar-refractivity contribution in [3.63, 3.8) is 0 Å². The molecular weight excluding hydrogens is 335 g/mol. The molecule has 0 bridgehead atoms. The molecular formula is C13H12Cl2N2O3S. The monoisotopic (exact) mass is 346 g/mol. The summed E-state index contributed by atoms with van der Waals surface area (Å²) >= 11 is 12.2. The molecule has 0 radical (unpaired) electrons. The maximum atomic E-state index is 11.6. The standard InChI is InChI=1S/C13H12Cl2N2O3S/c14-7-1-2-9-8(5-7)11(15)13(21(18)19)12(17-9)10-6-20-4-3-16-10/h1-2,5,10,16,21H,3-4,6H2. The van der Waals surface area contributed by atoms with Gasteiger partial charge in [-0.05, 0) is 18.2 Å². The lowest BCUT2D eigenvalue weighted by Gasteiger charge is -2.25. The van der Waals surface area contributed by atoms with Crippen LogP contribution in [0.3, 0.4) is 0 Å². The number of rotatable bonds is 2. The molecule has 1 aliphatic rings. The van der Waals surface area contributed by atoms with Crippen molar-refractivity contribution < 1.29 is 13.2 Å². The summed E-state index contributed by atoms with van der Waals surface area (Å²) in [5, 5.41) is 4.35. The SMILES string of the molecule is O=[SH](=O)c1c(C2COCCN2)nc2ccc(Cl)cc2c1Cl. The van der Waals surface area contributed by atoms with Crippen LogP contribution in [0.5, 0.6) is 0 Å². The van der Waals surface area contributed by atoms with Gasteiger partial charge in [0.25, 0.3) is 0 Å². The summed E-state index contributed by atoms with van der Waals surface area (Å²) in [5.74, 6) is 0. The van der Waals surface area contributed by atoms with Gasteiger partial charge in [0.1, 0.15) is 4.90 Å². The third-order valence-electron chi connectivity index (χ3n) is 3.32. The summed E-state index contributed by atoms with van der Waals surface area (Å²) in [6.07, 6.45) is 0. The summed E-state index contributed by atoms with van der Waals surface area (Å²) in [6, 6.07) is 4.74. The van der Waals surface area contributed by atoms with E-state index in [0.29, 0.717) is 41.4 Å². The fourth-order valence-corrected chi connectivity index (χ4v) is 3.66. The minimum Gasteiger partial charge on any atom is -0.378 e. The second kappa shape index (κ2) is 6.06. The highest BCUT2D eigenvalue weighted by molar-refractivity contribution is 7.72. The van der Waals surface area contributed by atoms with Crippen molar-refractivity contribution >= 4 is 44.8 Å². The summed E-state index contributed by atoms with van der Waals surface area (Å²) in [4.78, 5) is 4.48. The topological polar surface area (TPSA) is 68.3 Å². The van der Waals surface area contributed by atoms with Crippen molar-refractivity contribution in [2.45, 2.75) is 10.9 Å². The highest BCUT2D eigenvalue weighted by atomic mass is 35.5. The minimum atomic E-state index is -2.88. The van der Waals surface area contributed by atoms with Crippen LogP contribution in [-0.4, -0.2) is 33.2 Å². The lowest BCUT2D eigenvalue weighted by molar-refractivity contribution is 0.0748. The molecule has 0 aliphatic carbocycles. The molecule has 21 heavy (non-hydrogen) atoms. The van der Waals surface area contributed by atoms with Gasteiger partial charge in [0.2, 0.25) is 0 Å². The van der Waals surface area contributed by atoms with E-state index in [1.165, 1.54) is 0 Å². The van der Waals surface area contributed by atoms with Crippen LogP contribution in [0.25, 0.3) is 10.9 Å². The number of thiol groups is 1. The Kier molecular flexibility index (Phi) is 4.33. The van der Waals surface area contributed by atoms with E-state index in [1.807, 2.05) is 0 Å². The zero-order valence-electron chi connectivity index (χ0n) is 10.8. The molecule has 2 aromatic rings. The van der Waals surface area contributed by atoms with E-state index in [-0.39, 0.29) is 16.0 Å². The molecule has 1 N–H and O–H groups in total. The number of ether oxygens (including phenoxy) is 1. The lowest BCUT2D eigenvalue weighted by Crippen LogP contribution is -2.35. The van der Waals surface area contributed by atoms with E-state index in [1.54, 1.807) is 18.2 Å². The Morgan fingerprint density at radius 3 is 2.81 bits per heavy atom. The molecule has 1 saturated heterocycles. The Morgan fingerprint density at radius 1 is 1.33 bits per heavy atom. The van der Waals surface area contributed by atoms with E-state index in [2.05, 4.69) is 10.3 Å². The average molecular weight is 347 g/mol. The van der Waals surface area contributed by atoms with Crippen LogP contribution in [-0.2, 0) is 15.4 Å². The highest BCUT2D eigenvalue weighted by Crippen LogP contribution is 2.34. The number of fused-ring (bicyclic) bond motifs is 1. The fourth-order valence-electron chi connectivity index (χ4n) is 2.36. The quantitative estimate of drug-likeness (QED) is 0.815. The first kappa shape index (κ1) is 15.0. The van der Waals surface area contributed by atoms with Crippen molar-refractivity contribution in [3.8, 4) is 0 Å². The van der Waals surface area contributed by atoms with Gasteiger partial charge in [0.05, 0.1) is 35.5 Å². The molecule has 8 heteroatoms. The molecule has 1 aromatic carbocycles. The van der Waals surface area contributed by atoms with Crippen LogP contribution >= 0.6 is 23.2 Å². The van der Waals surface area contributed by atoms with Gasteiger partial charge in [0, 0.05) is 17.0 Å². The van der Waals surface area contributed by atoms with E-state index < -0.39 is 10.7 Å². The number of morpholine rings is 1. The maximum absolute atomic E-state index is 11.6. The first-order valence-corrected chi connectivity index (χ1v) is 8.25. The van der Waals surface area contributed by atoms with Crippen molar-refractivity contribution in [1.29, 1.82) is 0 Å². The van der Waals surface area contributed by atoms with E-state index >= 15 is 0 Å². The van der Waals surface area contributed by atoms with Crippen LogP contribution in [0.1, 0.15) is 11.7 Å². The molecule has 1 atom stereocenters. The number of hydrogen-bond donors (Lipinski definition) is 2. The summed E-state index contributed by atoms with van der Waals surface area (Å²) in [5.41, 5.74) is 0.998.